The first-order chi connectivity index (χ1) is 14.4. The minimum Gasteiger partial charge on any atom is -0.268 e. The molecule has 0 unspecified atom stereocenters. The minimum absolute atomic E-state index is 0.00162. The molecule has 1 aromatic heterocycles. The normalized spacial score (nSPS) is 16.9. The molecule has 1 aliphatic heterocycles. The Morgan fingerprint density at radius 3 is 2.40 bits per heavy atom. The van der Waals surface area contributed by atoms with Crippen molar-refractivity contribution in [2.45, 2.75) is 13.8 Å². The standard InChI is InChI=1S/C20H15N5O3S2/c1-12(14-8-10-16(11-9-14)25(27)28)17-18(26)24(15-6-4-3-5-7-15)20(30-17)21-19-23-22-13(2)29-19/h3-11H,1-2H3/b17-12-,21-20+. The highest BCUT2D eigenvalue weighted by molar-refractivity contribution is 8.19. The van der Waals surface area contributed by atoms with Crippen LogP contribution in [0, 0.1) is 17.0 Å². The van der Waals surface area contributed by atoms with E-state index in [1.807, 2.05) is 44.2 Å². The van der Waals surface area contributed by atoms with Gasteiger partial charge in [-0.05, 0) is 61.0 Å². The minimum atomic E-state index is -0.451. The second kappa shape index (κ2) is 8.17. The molecule has 0 radical (unpaired) electrons. The zero-order valence-corrected chi connectivity index (χ0v) is 17.6. The molecular formula is C20H15N5O3S2. The van der Waals surface area contributed by atoms with E-state index in [4.69, 9.17) is 0 Å². The maximum Gasteiger partial charge on any atom is 0.271 e. The van der Waals surface area contributed by atoms with E-state index in [2.05, 4.69) is 15.2 Å². The number of amidine groups is 1. The maximum absolute atomic E-state index is 13.3. The summed E-state index contributed by atoms with van der Waals surface area (Å²) < 4.78 is 0. The van der Waals surface area contributed by atoms with Crippen molar-refractivity contribution in [3.05, 3.63) is 80.2 Å². The molecule has 4 rings (SSSR count). The summed E-state index contributed by atoms with van der Waals surface area (Å²) in [5.41, 5.74) is 2.15. The van der Waals surface area contributed by atoms with Crippen molar-refractivity contribution in [1.29, 1.82) is 0 Å². The summed E-state index contributed by atoms with van der Waals surface area (Å²) in [4.78, 5) is 30.4. The molecule has 150 valence electrons. The Morgan fingerprint density at radius 2 is 1.80 bits per heavy atom. The van der Waals surface area contributed by atoms with Crippen LogP contribution in [-0.2, 0) is 4.79 Å². The van der Waals surface area contributed by atoms with Crippen molar-refractivity contribution in [2.75, 3.05) is 4.90 Å². The summed E-state index contributed by atoms with van der Waals surface area (Å²) in [5.74, 6) is -0.206. The Labute approximate surface area is 180 Å². The largest absolute Gasteiger partial charge is 0.271 e. The van der Waals surface area contributed by atoms with Crippen LogP contribution in [0.4, 0.5) is 16.5 Å². The smallest absolute Gasteiger partial charge is 0.268 e. The summed E-state index contributed by atoms with van der Waals surface area (Å²) in [7, 11) is 0. The molecule has 1 saturated heterocycles. The molecule has 3 aromatic rings. The van der Waals surface area contributed by atoms with E-state index in [0.717, 1.165) is 16.1 Å². The Hall–Kier alpha value is -3.37. The fourth-order valence-electron chi connectivity index (χ4n) is 2.86. The van der Waals surface area contributed by atoms with Gasteiger partial charge in [-0.25, -0.2) is 0 Å². The van der Waals surface area contributed by atoms with Gasteiger partial charge in [-0.2, -0.15) is 4.99 Å². The summed E-state index contributed by atoms with van der Waals surface area (Å²) >= 11 is 2.59. The van der Waals surface area contributed by atoms with Crippen molar-refractivity contribution in [2.24, 2.45) is 4.99 Å². The summed E-state index contributed by atoms with van der Waals surface area (Å²) in [5, 5.41) is 20.7. The molecule has 1 aliphatic rings. The van der Waals surface area contributed by atoms with E-state index >= 15 is 0 Å². The highest BCUT2D eigenvalue weighted by atomic mass is 32.2. The molecule has 30 heavy (non-hydrogen) atoms. The van der Waals surface area contributed by atoms with Crippen LogP contribution in [-0.4, -0.2) is 26.2 Å². The molecule has 0 aliphatic carbocycles. The molecule has 0 N–H and O–H groups in total. The van der Waals surface area contributed by atoms with Crippen molar-refractivity contribution < 1.29 is 9.72 Å². The van der Waals surface area contributed by atoms with Gasteiger partial charge in [0.15, 0.2) is 5.17 Å². The molecule has 1 fully saturated rings. The number of aryl methyl sites for hydroxylation is 1. The topological polar surface area (TPSA) is 102 Å². The van der Waals surface area contributed by atoms with Crippen molar-refractivity contribution in [3.8, 4) is 0 Å². The van der Waals surface area contributed by atoms with E-state index in [-0.39, 0.29) is 11.6 Å². The van der Waals surface area contributed by atoms with E-state index in [0.29, 0.717) is 20.9 Å². The molecular weight excluding hydrogens is 422 g/mol. The lowest BCUT2D eigenvalue weighted by Gasteiger charge is -2.15. The van der Waals surface area contributed by atoms with Gasteiger partial charge >= 0.3 is 0 Å². The first-order valence-corrected chi connectivity index (χ1v) is 10.5. The number of carbonyl (C=O) groups excluding carboxylic acids is 1. The SMILES string of the molecule is C/C(=C1/S/C(=N/c2nnc(C)s2)N(c2ccccc2)C1=O)c1ccc([N+](=O)[O-])cc1. The van der Waals surface area contributed by atoms with Gasteiger partial charge in [-0.15, -0.1) is 10.2 Å². The number of nitro groups is 1. The van der Waals surface area contributed by atoms with Crippen LogP contribution in [0.15, 0.2) is 64.5 Å². The fraction of sp³-hybridized carbons (Fsp3) is 0.100. The number of hydrogen-bond donors (Lipinski definition) is 0. The van der Waals surface area contributed by atoms with Gasteiger partial charge < -0.3 is 0 Å². The second-order valence-corrected chi connectivity index (χ2v) is 8.47. The summed E-state index contributed by atoms with van der Waals surface area (Å²) in [6, 6.07) is 15.4. The molecule has 0 saturated carbocycles. The van der Waals surface area contributed by atoms with Crippen molar-refractivity contribution in [1.82, 2.24) is 10.2 Å². The van der Waals surface area contributed by atoms with Crippen molar-refractivity contribution in [3.63, 3.8) is 0 Å². The monoisotopic (exact) mass is 437 g/mol. The third-order valence-corrected chi connectivity index (χ3v) is 6.23. The van der Waals surface area contributed by atoms with Crippen LogP contribution in [0.25, 0.3) is 5.57 Å². The zero-order chi connectivity index (χ0) is 21.3. The van der Waals surface area contributed by atoms with E-state index in [9.17, 15) is 14.9 Å². The lowest BCUT2D eigenvalue weighted by atomic mass is 10.1. The number of hydrogen-bond acceptors (Lipinski definition) is 8. The number of aliphatic imine (C=N–C) groups is 1. The Kier molecular flexibility index (Phi) is 5.42. The van der Waals surface area contributed by atoms with Crippen LogP contribution in [0.2, 0.25) is 0 Å². The van der Waals surface area contributed by atoms with Crippen LogP contribution < -0.4 is 4.90 Å². The van der Waals surface area contributed by atoms with Crippen LogP contribution in [0.5, 0.6) is 0 Å². The maximum atomic E-state index is 13.3. The van der Waals surface area contributed by atoms with Crippen LogP contribution in [0.1, 0.15) is 17.5 Å². The van der Waals surface area contributed by atoms with E-state index < -0.39 is 4.92 Å². The lowest BCUT2D eigenvalue weighted by Crippen LogP contribution is -2.28. The predicted molar refractivity (Wildman–Crippen MR) is 119 cm³/mol. The third kappa shape index (κ3) is 3.87. The second-order valence-electron chi connectivity index (χ2n) is 6.33. The van der Waals surface area contributed by atoms with E-state index in [1.54, 1.807) is 17.0 Å². The number of thioether (sulfide) groups is 1. The van der Waals surface area contributed by atoms with Crippen molar-refractivity contribution >= 4 is 56.3 Å². The Bertz CT molecular complexity index is 1190. The van der Waals surface area contributed by atoms with Gasteiger partial charge in [0.25, 0.3) is 11.6 Å². The van der Waals surface area contributed by atoms with Gasteiger partial charge in [-0.3, -0.25) is 19.8 Å². The molecule has 0 atom stereocenters. The average molecular weight is 438 g/mol. The number of anilines is 1. The van der Waals surface area contributed by atoms with Gasteiger partial charge in [0.05, 0.1) is 15.5 Å². The fourth-order valence-corrected chi connectivity index (χ4v) is 4.52. The van der Waals surface area contributed by atoms with Crippen LogP contribution in [0.3, 0.4) is 0 Å². The number of aromatic nitrogens is 2. The highest BCUT2D eigenvalue weighted by Crippen LogP contribution is 2.40. The number of nitrogens with zero attached hydrogens (tertiary/aromatic N) is 5. The number of para-hydroxylation sites is 1. The van der Waals surface area contributed by atoms with Gasteiger partial charge in [0.2, 0.25) is 5.13 Å². The lowest BCUT2D eigenvalue weighted by molar-refractivity contribution is -0.384. The summed E-state index contributed by atoms with van der Waals surface area (Å²) in [6.07, 6.45) is 0. The Balaban J connectivity index is 1.78. The van der Waals surface area contributed by atoms with E-state index in [1.165, 1.54) is 35.2 Å². The van der Waals surface area contributed by atoms with Gasteiger partial charge in [-0.1, -0.05) is 29.5 Å². The van der Waals surface area contributed by atoms with Crippen LogP contribution >= 0.6 is 23.1 Å². The zero-order valence-electron chi connectivity index (χ0n) is 16.0. The molecule has 0 bridgehead atoms. The molecule has 1 amide bonds. The quantitative estimate of drug-likeness (QED) is 0.325. The number of amides is 1. The average Bonchev–Trinajstić information content (AvgIpc) is 3.30. The molecule has 2 heterocycles. The number of rotatable bonds is 4. The first kappa shape index (κ1) is 19.9. The number of benzene rings is 2. The number of non-ortho nitro benzene ring substituents is 1. The Morgan fingerprint density at radius 1 is 1.10 bits per heavy atom. The first-order valence-electron chi connectivity index (χ1n) is 8.86. The predicted octanol–water partition coefficient (Wildman–Crippen LogP) is 4.95. The molecule has 2 aromatic carbocycles. The number of allylic oxidation sites excluding steroid dienone is 1. The molecule has 10 heteroatoms. The number of carbonyl (C=O) groups is 1. The summed E-state index contributed by atoms with van der Waals surface area (Å²) in [6.45, 7) is 3.66. The van der Waals surface area contributed by atoms with Gasteiger partial charge in [0, 0.05) is 12.1 Å². The molecule has 8 nitrogen and oxygen atoms in total. The third-order valence-electron chi connectivity index (χ3n) is 4.35. The molecule has 0 spiro atoms. The number of nitro benzene ring substituents is 1. The highest BCUT2D eigenvalue weighted by Gasteiger charge is 2.36. The van der Waals surface area contributed by atoms with Gasteiger partial charge in [0.1, 0.15) is 5.01 Å².